The van der Waals surface area contributed by atoms with Gasteiger partial charge in [0.25, 0.3) is 0 Å². The highest BCUT2D eigenvalue weighted by molar-refractivity contribution is 6.32. The number of halogens is 1. The van der Waals surface area contributed by atoms with Crippen LogP contribution in [0.2, 0.25) is 5.02 Å². The Balaban J connectivity index is 2.45. The molecule has 2 aromatic carbocycles. The van der Waals surface area contributed by atoms with Crippen molar-refractivity contribution in [1.29, 1.82) is 0 Å². The van der Waals surface area contributed by atoms with Crippen LogP contribution in [0.1, 0.15) is 28.3 Å². The summed E-state index contributed by atoms with van der Waals surface area (Å²) in [6, 6.07) is 14.2. The Morgan fingerprint density at radius 2 is 1.72 bits per heavy atom. The van der Waals surface area contributed by atoms with Gasteiger partial charge in [-0.1, -0.05) is 59.6 Å². The first kappa shape index (κ1) is 13.1. The molecule has 18 heavy (non-hydrogen) atoms. The molecule has 0 heterocycles. The average Bonchev–Trinajstić information content (AvgIpc) is 2.37. The molecule has 1 atom stereocenters. The Hall–Kier alpha value is -1.35. The van der Waals surface area contributed by atoms with E-state index in [9.17, 15) is 0 Å². The number of hydrogen-bond donors (Lipinski definition) is 2. The molecule has 3 N–H and O–H groups in total. The fourth-order valence-corrected chi connectivity index (χ4v) is 2.25. The van der Waals surface area contributed by atoms with E-state index in [2.05, 4.69) is 36.6 Å². The van der Waals surface area contributed by atoms with E-state index in [1.165, 1.54) is 5.56 Å². The molecule has 0 fully saturated rings. The molecule has 0 aliphatic carbocycles. The highest BCUT2D eigenvalue weighted by atomic mass is 35.5. The van der Waals surface area contributed by atoms with Gasteiger partial charge in [-0.2, -0.15) is 0 Å². The Morgan fingerprint density at radius 1 is 1.06 bits per heavy atom. The molecule has 0 spiro atoms. The molecule has 0 aromatic heterocycles. The second-order valence-electron chi connectivity index (χ2n) is 4.49. The lowest BCUT2D eigenvalue weighted by atomic mass is 9.97. The predicted molar refractivity (Wildman–Crippen MR) is 76.5 cm³/mol. The first-order chi connectivity index (χ1) is 8.63. The minimum Gasteiger partial charge on any atom is -0.271 e. The molecule has 2 rings (SSSR count). The largest absolute Gasteiger partial charge is 0.271 e. The fourth-order valence-electron chi connectivity index (χ4n) is 2.02. The topological polar surface area (TPSA) is 38.0 Å². The van der Waals surface area contributed by atoms with Gasteiger partial charge in [0.2, 0.25) is 0 Å². The molecule has 3 heteroatoms. The molecule has 0 bridgehead atoms. The lowest BCUT2D eigenvalue weighted by molar-refractivity contribution is 0.636. The minimum atomic E-state index is -0.0852. The third-order valence-electron chi connectivity index (χ3n) is 3.11. The molecular formula is C15H17ClN2. The van der Waals surface area contributed by atoms with Gasteiger partial charge >= 0.3 is 0 Å². The maximum atomic E-state index is 6.35. The zero-order valence-corrected chi connectivity index (χ0v) is 11.3. The summed E-state index contributed by atoms with van der Waals surface area (Å²) in [6.45, 7) is 4.06. The van der Waals surface area contributed by atoms with E-state index < -0.39 is 0 Å². The van der Waals surface area contributed by atoms with Gasteiger partial charge in [0, 0.05) is 5.02 Å². The van der Waals surface area contributed by atoms with Crippen LogP contribution in [-0.2, 0) is 0 Å². The van der Waals surface area contributed by atoms with Crippen LogP contribution in [0, 0.1) is 13.8 Å². The Kier molecular flexibility index (Phi) is 4.02. The van der Waals surface area contributed by atoms with Crippen LogP contribution in [0.25, 0.3) is 0 Å². The van der Waals surface area contributed by atoms with Crippen molar-refractivity contribution in [2.45, 2.75) is 19.9 Å². The van der Waals surface area contributed by atoms with Gasteiger partial charge in [0.1, 0.15) is 0 Å². The van der Waals surface area contributed by atoms with Crippen molar-refractivity contribution in [2.24, 2.45) is 5.84 Å². The van der Waals surface area contributed by atoms with E-state index in [0.717, 1.165) is 21.7 Å². The van der Waals surface area contributed by atoms with Crippen LogP contribution in [0.15, 0.2) is 42.5 Å². The van der Waals surface area contributed by atoms with Crippen molar-refractivity contribution < 1.29 is 0 Å². The molecule has 0 radical (unpaired) electrons. The normalized spacial score (nSPS) is 12.4. The summed E-state index contributed by atoms with van der Waals surface area (Å²) in [5.41, 5.74) is 7.23. The summed E-state index contributed by atoms with van der Waals surface area (Å²) >= 11 is 6.35. The van der Waals surface area contributed by atoms with Crippen LogP contribution < -0.4 is 11.3 Å². The lowest BCUT2D eigenvalue weighted by Crippen LogP contribution is -2.29. The molecule has 0 amide bonds. The van der Waals surface area contributed by atoms with Crippen LogP contribution >= 0.6 is 11.6 Å². The third kappa shape index (κ3) is 2.56. The number of nitrogens with two attached hydrogens (primary N) is 1. The molecule has 0 saturated carbocycles. The Morgan fingerprint density at radius 3 is 2.33 bits per heavy atom. The highest BCUT2D eigenvalue weighted by Crippen LogP contribution is 2.30. The van der Waals surface area contributed by atoms with Crippen molar-refractivity contribution in [3.05, 3.63) is 69.7 Å². The van der Waals surface area contributed by atoms with Crippen LogP contribution in [0.3, 0.4) is 0 Å². The SMILES string of the molecule is Cc1ccc(C(NN)c2cccc(C)c2Cl)cc1. The molecule has 0 aliphatic rings. The predicted octanol–water partition coefficient (Wildman–Crippen LogP) is 3.51. The maximum Gasteiger partial charge on any atom is 0.0724 e. The summed E-state index contributed by atoms with van der Waals surface area (Å²) in [6.07, 6.45) is 0. The third-order valence-corrected chi connectivity index (χ3v) is 3.63. The zero-order valence-electron chi connectivity index (χ0n) is 10.6. The number of hydrazine groups is 1. The Bertz CT molecular complexity index is 535. The van der Waals surface area contributed by atoms with Crippen molar-refractivity contribution in [3.63, 3.8) is 0 Å². The number of nitrogens with one attached hydrogen (secondary N) is 1. The minimum absolute atomic E-state index is 0.0852. The van der Waals surface area contributed by atoms with Crippen LogP contribution in [0.5, 0.6) is 0 Å². The van der Waals surface area contributed by atoms with E-state index in [-0.39, 0.29) is 6.04 Å². The monoisotopic (exact) mass is 260 g/mol. The van der Waals surface area contributed by atoms with Gasteiger partial charge in [-0.15, -0.1) is 0 Å². The van der Waals surface area contributed by atoms with Crippen molar-refractivity contribution in [3.8, 4) is 0 Å². The smallest absolute Gasteiger partial charge is 0.0724 e. The van der Waals surface area contributed by atoms with E-state index in [1.807, 2.05) is 25.1 Å². The number of hydrogen-bond acceptors (Lipinski definition) is 2. The standard InChI is InChI=1S/C15H17ClN2/c1-10-6-8-12(9-7-10)15(18-17)13-5-3-4-11(2)14(13)16/h3-9,15,18H,17H2,1-2H3. The van der Waals surface area contributed by atoms with Crippen molar-refractivity contribution in [1.82, 2.24) is 5.43 Å². The van der Waals surface area contributed by atoms with Gasteiger partial charge in [-0.05, 0) is 30.5 Å². The lowest BCUT2D eigenvalue weighted by Gasteiger charge is -2.19. The van der Waals surface area contributed by atoms with E-state index >= 15 is 0 Å². The van der Waals surface area contributed by atoms with Crippen molar-refractivity contribution >= 4 is 11.6 Å². The Labute approximate surface area is 113 Å². The zero-order chi connectivity index (χ0) is 13.1. The van der Waals surface area contributed by atoms with Gasteiger partial charge in [-0.3, -0.25) is 5.84 Å². The summed E-state index contributed by atoms with van der Waals surface area (Å²) < 4.78 is 0. The van der Waals surface area contributed by atoms with Crippen LogP contribution in [0.4, 0.5) is 0 Å². The second-order valence-corrected chi connectivity index (χ2v) is 4.87. The summed E-state index contributed by atoms with van der Waals surface area (Å²) in [5, 5.41) is 0.765. The molecule has 1 unspecified atom stereocenters. The number of rotatable bonds is 3. The van der Waals surface area contributed by atoms with E-state index in [0.29, 0.717) is 0 Å². The number of aryl methyl sites for hydroxylation is 2. The quantitative estimate of drug-likeness (QED) is 0.655. The molecule has 0 saturated heterocycles. The van der Waals surface area contributed by atoms with E-state index in [4.69, 9.17) is 17.4 Å². The van der Waals surface area contributed by atoms with Crippen LogP contribution in [-0.4, -0.2) is 0 Å². The first-order valence-electron chi connectivity index (χ1n) is 5.91. The molecule has 94 valence electrons. The summed E-state index contributed by atoms with van der Waals surface area (Å²) in [5.74, 6) is 5.69. The highest BCUT2D eigenvalue weighted by Gasteiger charge is 2.16. The average molecular weight is 261 g/mol. The van der Waals surface area contributed by atoms with E-state index in [1.54, 1.807) is 0 Å². The molecule has 2 nitrogen and oxygen atoms in total. The summed E-state index contributed by atoms with van der Waals surface area (Å²) in [7, 11) is 0. The van der Waals surface area contributed by atoms with Gasteiger partial charge < -0.3 is 0 Å². The first-order valence-corrected chi connectivity index (χ1v) is 6.29. The van der Waals surface area contributed by atoms with Gasteiger partial charge in [-0.25, -0.2) is 5.43 Å². The maximum absolute atomic E-state index is 6.35. The molecule has 2 aromatic rings. The summed E-state index contributed by atoms with van der Waals surface area (Å²) in [4.78, 5) is 0. The fraction of sp³-hybridized carbons (Fsp3) is 0.200. The van der Waals surface area contributed by atoms with Gasteiger partial charge in [0.05, 0.1) is 6.04 Å². The number of benzene rings is 2. The second kappa shape index (κ2) is 5.53. The van der Waals surface area contributed by atoms with Crippen molar-refractivity contribution in [2.75, 3.05) is 0 Å². The van der Waals surface area contributed by atoms with Gasteiger partial charge in [0.15, 0.2) is 0 Å². The molecular weight excluding hydrogens is 244 g/mol. The molecule has 0 aliphatic heterocycles.